The Morgan fingerprint density at radius 2 is 2.24 bits per heavy atom. The summed E-state index contributed by atoms with van der Waals surface area (Å²) < 4.78 is 0. The second kappa shape index (κ2) is 5.79. The van der Waals surface area contributed by atoms with Crippen molar-refractivity contribution >= 4 is 11.9 Å². The number of aliphatic carboxylic acids is 1. The van der Waals surface area contributed by atoms with Gasteiger partial charge in [0.2, 0.25) is 0 Å². The molecule has 7 heteroatoms. The third-order valence-corrected chi connectivity index (χ3v) is 3.24. The Morgan fingerprint density at radius 1 is 1.57 bits per heavy atom. The first-order chi connectivity index (χ1) is 9.93. The maximum Gasteiger partial charge on any atom is 0.327 e. The van der Waals surface area contributed by atoms with Crippen LogP contribution in [0.4, 0.5) is 0 Å². The van der Waals surface area contributed by atoms with Crippen LogP contribution in [0, 0.1) is 19.3 Å². The molecule has 110 valence electrons. The van der Waals surface area contributed by atoms with Crippen LogP contribution in [0.1, 0.15) is 47.1 Å². The molecular weight excluding hydrogens is 274 g/mol. The fourth-order valence-corrected chi connectivity index (χ4v) is 1.97. The first kappa shape index (κ1) is 14.8. The molecule has 21 heavy (non-hydrogen) atoms. The van der Waals surface area contributed by atoms with Gasteiger partial charge in [-0.2, -0.15) is 0 Å². The number of aryl methyl sites for hydroxylation is 1. The Morgan fingerprint density at radius 3 is 2.71 bits per heavy atom. The lowest BCUT2D eigenvalue weighted by atomic mass is 10.1. The maximum atomic E-state index is 12.1. The monoisotopic (exact) mass is 289 g/mol. The molecule has 0 spiro atoms. The largest absolute Gasteiger partial charge is 0.480 e. The molecule has 0 radical (unpaired) electrons. The second-order valence-electron chi connectivity index (χ2n) is 4.96. The number of aromatic amines is 1. The van der Waals surface area contributed by atoms with Crippen LogP contribution in [0.15, 0.2) is 4.79 Å². The predicted octanol–water partition coefficient (Wildman–Crippen LogP) is 0.162. The molecule has 1 saturated carbocycles. The van der Waals surface area contributed by atoms with E-state index in [0.717, 1.165) is 12.8 Å². The summed E-state index contributed by atoms with van der Waals surface area (Å²) >= 11 is 0. The summed E-state index contributed by atoms with van der Waals surface area (Å²) in [7, 11) is 0. The van der Waals surface area contributed by atoms with Crippen molar-refractivity contribution in [1.29, 1.82) is 0 Å². The number of hydrogen-bond donors (Lipinski definition) is 3. The number of H-pyrrole nitrogens is 1. The summed E-state index contributed by atoms with van der Waals surface area (Å²) in [6.45, 7) is 1.55. The molecule has 1 aliphatic rings. The van der Waals surface area contributed by atoms with Crippen molar-refractivity contribution in [1.82, 2.24) is 15.3 Å². The number of rotatable bonds is 5. The normalized spacial score (nSPS) is 15.0. The van der Waals surface area contributed by atoms with E-state index in [1.807, 2.05) is 0 Å². The number of aromatic nitrogens is 2. The Bertz CT molecular complexity index is 682. The molecule has 1 fully saturated rings. The van der Waals surface area contributed by atoms with E-state index in [9.17, 15) is 14.4 Å². The van der Waals surface area contributed by atoms with E-state index in [1.165, 1.54) is 0 Å². The molecule has 0 aromatic carbocycles. The summed E-state index contributed by atoms with van der Waals surface area (Å²) in [4.78, 5) is 41.8. The van der Waals surface area contributed by atoms with Gasteiger partial charge in [0.05, 0.1) is 5.69 Å². The number of hydrogen-bond acceptors (Lipinski definition) is 4. The van der Waals surface area contributed by atoms with E-state index < -0.39 is 23.5 Å². The summed E-state index contributed by atoms with van der Waals surface area (Å²) in [6, 6.07) is -1.23. The highest BCUT2D eigenvalue weighted by molar-refractivity contribution is 5.97. The molecule has 0 saturated heterocycles. The van der Waals surface area contributed by atoms with Crippen molar-refractivity contribution in [2.75, 3.05) is 0 Å². The molecule has 7 nitrogen and oxygen atoms in total. The number of amides is 1. The van der Waals surface area contributed by atoms with Crippen LogP contribution in [-0.4, -0.2) is 33.0 Å². The van der Waals surface area contributed by atoms with Gasteiger partial charge in [-0.25, -0.2) is 9.78 Å². The van der Waals surface area contributed by atoms with Gasteiger partial charge in [0.25, 0.3) is 11.5 Å². The van der Waals surface area contributed by atoms with Crippen LogP contribution in [-0.2, 0) is 4.79 Å². The van der Waals surface area contributed by atoms with Gasteiger partial charge in [-0.1, -0.05) is 0 Å². The highest BCUT2D eigenvalue weighted by atomic mass is 16.4. The minimum absolute atomic E-state index is 0.161. The van der Waals surface area contributed by atoms with Crippen LogP contribution in [0.3, 0.4) is 0 Å². The van der Waals surface area contributed by atoms with Gasteiger partial charge in [0.15, 0.2) is 0 Å². The highest BCUT2D eigenvalue weighted by Crippen LogP contribution is 2.37. The van der Waals surface area contributed by atoms with Gasteiger partial charge in [-0.3, -0.25) is 9.59 Å². The van der Waals surface area contributed by atoms with E-state index >= 15 is 0 Å². The molecule has 1 aliphatic carbocycles. The van der Waals surface area contributed by atoms with E-state index in [1.54, 1.807) is 6.92 Å². The lowest BCUT2D eigenvalue weighted by Gasteiger charge is -2.12. The van der Waals surface area contributed by atoms with E-state index in [-0.39, 0.29) is 23.6 Å². The molecule has 0 bridgehead atoms. The van der Waals surface area contributed by atoms with E-state index in [0.29, 0.717) is 5.82 Å². The van der Waals surface area contributed by atoms with Gasteiger partial charge >= 0.3 is 5.97 Å². The maximum absolute atomic E-state index is 12.1. The highest BCUT2D eigenvalue weighted by Gasteiger charge is 2.29. The molecule has 1 aromatic heterocycles. The zero-order chi connectivity index (χ0) is 15.6. The molecule has 2 rings (SSSR count). The number of nitrogens with one attached hydrogen (secondary N) is 2. The Hall–Kier alpha value is -2.62. The first-order valence-electron chi connectivity index (χ1n) is 6.52. The van der Waals surface area contributed by atoms with Crippen molar-refractivity contribution in [2.24, 2.45) is 0 Å². The van der Waals surface area contributed by atoms with Gasteiger partial charge in [-0.05, 0) is 19.8 Å². The minimum atomic E-state index is -1.25. The molecule has 1 atom stereocenters. The zero-order valence-corrected chi connectivity index (χ0v) is 11.5. The smallest absolute Gasteiger partial charge is 0.327 e. The van der Waals surface area contributed by atoms with Gasteiger partial charge in [0.1, 0.15) is 17.4 Å². The van der Waals surface area contributed by atoms with E-state index in [2.05, 4.69) is 21.2 Å². The fourth-order valence-electron chi connectivity index (χ4n) is 1.97. The average Bonchev–Trinajstić information content (AvgIpc) is 3.21. The van der Waals surface area contributed by atoms with Crippen LogP contribution in [0.2, 0.25) is 0 Å². The Labute approximate surface area is 120 Å². The van der Waals surface area contributed by atoms with Crippen molar-refractivity contribution in [3.05, 3.63) is 27.4 Å². The summed E-state index contributed by atoms with van der Waals surface area (Å²) in [5.74, 6) is 0.961. The average molecular weight is 289 g/mol. The Kier molecular flexibility index (Phi) is 4.08. The minimum Gasteiger partial charge on any atom is -0.480 e. The number of carboxylic acid groups (broad SMARTS) is 1. The van der Waals surface area contributed by atoms with Crippen molar-refractivity contribution in [3.63, 3.8) is 0 Å². The van der Waals surface area contributed by atoms with Gasteiger partial charge in [0, 0.05) is 12.3 Å². The molecule has 1 unspecified atom stereocenters. The molecule has 3 N–H and O–H groups in total. The van der Waals surface area contributed by atoms with Crippen LogP contribution < -0.4 is 10.9 Å². The third kappa shape index (κ3) is 3.28. The zero-order valence-electron chi connectivity index (χ0n) is 11.5. The van der Waals surface area contributed by atoms with E-state index in [4.69, 9.17) is 11.5 Å². The predicted molar refractivity (Wildman–Crippen MR) is 73.9 cm³/mol. The van der Waals surface area contributed by atoms with Gasteiger partial charge < -0.3 is 15.4 Å². The van der Waals surface area contributed by atoms with Crippen molar-refractivity contribution in [2.45, 2.75) is 38.1 Å². The number of nitrogens with zero attached hydrogens (tertiary/aromatic N) is 1. The second-order valence-corrected chi connectivity index (χ2v) is 4.96. The number of carbonyl (C=O) groups excluding carboxylic acids is 1. The van der Waals surface area contributed by atoms with Crippen LogP contribution >= 0.6 is 0 Å². The number of terminal acetylenes is 1. The molecule has 0 aliphatic heterocycles. The SMILES string of the molecule is C#CCC(NC(=O)c1c(C)nc(C2CC2)[nH]c1=O)C(=O)O. The quantitative estimate of drug-likeness (QED) is 0.668. The van der Waals surface area contributed by atoms with Crippen LogP contribution in [0.25, 0.3) is 0 Å². The molecule has 1 aromatic rings. The van der Waals surface area contributed by atoms with Gasteiger partial charge in [-0.15, -0.1) is 12.3 Å². The Balaban J connectivity index is 2.25. The molecular formula is C14H15N3O4. The molecule has 1 amide bonds. The lowest BCUT2D eigenvalue weighted by Crippen LogP contribution is -2.43. The fraction of sp³-hybridized carbons (Fsp3) is 0.429. The number of carboxylic acids is 1. The topological polar surface area (TPSA) is 112 Å². The van der Waals surface area contributed by atoms with Crippen molar-refractivity contribution in [3.8, 4) is 12.3 Å². The molecule has 1 heterocycles. The van der Waals surface area contributed by atoms with Crippen LogP contribution in [0.5, 0.6) is 0 Å². The summed E-state index contributed by atoms with van der Waals surface area (Å²) in [5, 5.41) is 11.2. The first-order valence-corrected chi connectivity index (χ1v) is 6.52. The summed E-state index contributed by atoms with van der Waals surface area (Å²) in [5.41, 5.74) is -0.461. The van der Waals surface area contributed by atoms with Crippen molar-refractivity contribution < 1.29 is 14.7 Å². The number of carbonyl (C=O) groups is 2. The lowest BCUT2D eigenvalue weighted by molar-refractivity contribution is -0.139. The standard InChI is InChI=1S/C14H15N3O4/c1-3-4-9(14(20)21)16-12(18)10-7(2)15-11(8-5-6-8)17-13(10)19/h1,8-9H,4-6H2,2H3,(H,16,18)(H,20,21)(H,15,17,19). The third-order valence-electron chi connectivity index (χ3n) is 3.24. The summed E-state index contributed by atoms with van der Waals surface area (Å²) in [6.07, 6.45) is 6.83.